The fourth-order valence-electron chi connectivity index (χ4n) is 1.96. The van der Waals surface area contributed by atoms with Crippen molar-refractivity contribution in [3.05, 3.63) is 36.1 Å². The molecule has 0 saturated carbocycles. The van der Waals surface area contributed by atoms with Crippen LogP contribution in [0, 0.1) is 5.82 Å². The van der Waals surface area contributed by atoms with Crippen molar-refractivity contribution in [1.29, 1.82) is 0 Å². The first-order chi connectivity index (χ1) is 11.1. The van der Waals surface area contributed by atoms with Gasteiger partial charge in [0.15, 0.2) is 23.1 Å². The summed E-state index contributed by atoms with van der Waals surface area (Å²) in [5.74, 6) is 1.03. The molecule has 0 spiro atoms. The number of ether oxygens (including phenoxy) is 4. The third kappa shape index (κ3) is 3.68. The Hall–Kier alpha value is -2.83. The molecule has 0 aliphatic rings. The lowest BCUT2D eigenvalue weighted by molar-refractivity contribution is 0.324. The third-order valence-electron chi connectivity index (χ3n) is 3.07. The van der Waals surface area contributed by atoms with Crippen LogP contribution >= 0.6 is 0 Å². The molecule has 0 bridgehead atoms. The first-order valence-electron chi connectivity index (χ1n) is 6.68. The highest BCUT2D eigenvalue weighted by Crippen LogP contribution is 2.41. The largest absolute Gasteiger partial charge is 0.494 e. The van der Waals surface area contributed by atoms with Crippen LogP contribution in [0.1, 0.15) is 0 Å². The number of hydrogen-bond acceptors (Lipinski definition) is 6. The van der Waals surface area contributed by atoms with E-state index in [1.54, 1.807) is 18.2 Å². The number of azo groups is 1. The van der Waals surface area contributed by atoms with Crippen molar-refractivity contribution in [2.75, 3.05) is 28.4 Å². The maximum absolute atomic E-state index is 13.6. The molecule has 2 aromatic rings. The Morgan fingerprint density at radius 2 is 1.26 bits per heavy atom. The van der Waals surface area contributed by atoms with Crippen LogP contribution in [0.5, 0.6) is 23.0 Å². The molecule has 0 amide bonds. The Morgan fingerprint density at radius 1 is 0.696 bits per heavy atom. The highest BCUT2D eigenvalue weighted by Gasteiger charge is 2.13. The minimum atomic E-state index is -0.506. The van der Waals surface area contributed by atoms with E-state index in [9.17, 15) is 4.39 Å². The molecule has 0 fully saturated rings. The lowest BCUT2D eigenvalue weighted by Gasteiger charge is -2.12. The van der Waals surface area contributed by atoms with Gasteiger partial charge in [-0.15, -0.1) is 0 Å². The topological polar surface area (TPSA) is 61.6 Å². The zero-order chi connectivity index (χ0) is 16.8. The molecule has 23 heavy (non-hydrogen) atoms. The second kappa shape index (κ2) is 7.44. The normalized spacial score (nSPS) is 10.7. The number of rotatable bonds is 6. The van der Waals surface area contributed by atoms with E-state index in [1.165, 1.54) is 40.6 Å². The van der Waals surface area contributed by atoms with Crippen molar-refractivity contribution >= 4 is 11.4 Å². The van der Waals surface area contributed by atoms with Crippen LogP contribution in [0.25, 0.3) is 0 Å². The lowest BCUT2D eigenvalue weighted by Crippen LogP contribution is -1.94. The minimum Gasteiger partial charge on any atom is -0.494 e. The van der Waals surface area contributed by atoms with Crippen LogP contribution in [0.15, 0.2) is 40.6 Å². The molecule has 0 N–H and O–H groups in total. The third-order valence-corrected chi connectivity index (χ3v) is 3.07. The molecule has 0 aromatic heterocycles. The Labute approximate surface area is 133 Å². The zero-order valence-corrected chi connectivity index (χ0v) is 13.3. The lowest BCUT2D eigenvalue weighted by atomic mass is 10.2. The first kappa shape index (κ1) is 16.5. The molecule has 0 atom stereocenters. The monoisotopic (exact) mass is 320 g/mol. The molecule has 0 unspecified atom stereocenters. The summed E-state index contributed by atoms with van der Waals surface area (Å²) in [6.45, 7) is 0. The molecule has 2 aromatic carbocycles. The molecule has 0 heterocycles. The molecule has 2 rings (SSSR count). The summed E-state index contributed by atoms with van der Waals surface area (Å²) >= 11 is 0. The van der Waals surface area contributed by atoms with Crippen LogP contribution in [0.4, 0.5) is 15.8 Å². The van der Waals surface area contributed by atoms with E-state index in [-0.39, 0.29) is 5.75 Å². The maximum Gasteiger partial charge on any atom is 0.203 e. The quantitative estimate of drug-likeness (QED) is 0.745. The zero-order valence-electron chi connectivity index (χ0n) is 13.3. The van der Waals surface area contributed by atoms with Gasteiger partial charge in [0, 0.05) is 18.2 Å². The SMILES string of the molecule is COc1ccc(/N=N/c2cc(OC)c(OC)c(OC)c2)cc1F. The van der Waals surface area contributed by atoms with Gasteiger partial charge in [0.25, 0.3) is 0 Å². The number of benzene rings is 2. The predicted molar refractivity (Wildman–Crippen MR) is 83.2 cm³/mol. The Kier molecular flexibility index (Phi) is 5.35. The summed E-state index contributed by atoms with van der Waals surface area (Å²) in [4.78, 5) is 0. The summed E-state index contributed by atoms with van der Waals surface area (Å²) in [5.41, 5.74) is 0.841. The highest BCUT2D eigenvalue weighted by molar-refractivity contribution is 5.60. The Bertz CT molecular complexity index is 694. The van der Waals surface area contributed by atoms with Crippen molar-refractivity contribution in [3.8, 4) is 23.0 Å². The van der Waals surface area contributed by atoms with E-state index in [0.717, 1.165) is 0 Å². The van der Waals surface area contributed by atoms with Gasteiger partial charge < -0.3 is 18.9 Å². The second-order valence-corrected chi connectivity index (χ2v) is 4.40. The summed E-state index contributed by atoms with van der Waals surface area (Å²) < 4.78 is 34.2. The van der Waals surface area contributed by atoms with E-state index >= 15 is 0 Å². The molecule has 122 valence electrons. The van der Waals surface area contributed by atoms with Gasteiger partial charge in [0.2, 0.25) is 5.75 Å². The second-order valence-electron chi connectivity index (χ2n) is 4.40. The predicted octanol–water partition coefficient (Wildman–Crippen LogP) is 4.28. The fourth-order valence-corrected chi connectivity index (χ4v) is 1.96. The number of nitrogens with zero attached hydrogens (tertiary/aromatic N) is 2. The maximum atomic E-state index is 13.6. The summed E-state index contributed by atoms with van der Waals surface area (Å²) in [6.07, 6.45) is 0. The standard InChI is InChI=1S/C16H17FN2O4/c1-20-13-6-5-10(7-12(13)17)18-19-11-8-14(21-2)16(23-4)15(9-11)22-3/h5-9H,1-4H3/b19-18+. The van der Waals surface area contributed by atoms with Gasteiger partial charge in [-0.05, 0) is 12.1 Å². The van der Waals surface area contributed by atoms with Crippen molar-refractivity contribution in [2.45, 2.75) is 0 Å². The van der Waals surface area contributed by atoms with Gasteiger partial charge in [-0.1, -0.05) is 0 Å². The van der Waals surface area contributed by atoms with Crippen LogP contribution in [0.3, 0.4) is 0 Å². The Morgan fingerprint density at radius 3 is 1.74 bits per heavy atom. The van der Waals surface area contributed by atoms with Crippen LogP contribution in [-0.2, 0) is 0 Å². The average molecular weight is 320 g/mol. The highest BCUT2D eigenvalue weighted by atomic mass is 19.1. The van der Waals surface area contributed by atoms with Crippen LogP contribution in [0.2, 0.25) is 0 Å². The molecule has 0 radical (unpaired) electrons. The summed E-state index contributed by atoms with van der Waals surface area (Å²) in [5, 5.41) is 8.06. The van der Waals surface area contributed by atoms with E-state index in [0.29, 0.717) is 28.6 Å². The summed E-state index contributed by atoms with van der Waals surface area (Å²) in [7, 11) is 5.94. The smallest absolute Gasteiger partial charge is 0.203 e. The van der Waals surface area contributed by atoms with Crippen LogP contribution in [-0.4, -0.2) is 28.4 Å². The van der Waals surface area contributed by atoms with E-state index in [2.05, 4.69) is 10.2 Å². The molecule has 6 nitrogen and oxygen atoms in total. The van der Waals surface area contributed by atoms with Gasteiger partial charge in [0.05, 0.1) is 39.8 Å². The van der Waals surface area contributed by atoms with E-state index < -0.39 is 5.82 Å². The van der Waals surface area contributed by atoms with Gasteiger partial charge in [-0.25, -0.2) is 4.39 Å². The van der Waals surface area contributed by atoms with Crippen molar-refractivity contribution < 1.29 is 23.3 Å². The molecule has 7 heteroatoms. The molecule has 0 aliphatic carbocycles. The van der Waals surface area contributed by atoms with Gasteiger partial charge in [-0.2, -0.15) is 10.2 Å². The van der Waals surface area contributed by atoms with E-state index in [1.807, 2.05) is 0 Å². The first-order valence-corrected chi connectivity index (χ1v) is 6.68. The van der Waals surface area contributed by atoms with Gasteiger partial charge in [-0.3, -0.25) is 0 Å². The molecule has 0 saturated heterocycles. The number of hydrogen-bond donors (Lipinski definition) is 0. The van der Waals surface area contributed by atoms with Crippen molar-refractivity contribution in [2.24, 2.45) is 10.2 Å². The Balaban J connectivity index is 2.34. The molecule has 0 aliphatic heterocycles. The molecular formula is C16H17FN2O4. The number of halogens is 1. The minimum absolute atomic E-state index is 0.150. The fraction of sp³-hybridized carbons (Fsp3) is 0.250. The van der Waals surface area contributed by atoms with Gasteiger partial charge in [0.1, 0.15) is 0 Å². The number of methoxy groups -OCH3 is 4. The van der Waals surface area contributed by atoms with Crippen LogP contribution < -0.4 is 18.9 Å². The van der Waals surface area contributed by atoms with Crippen molar-refractivity contribution in [1.82, 2.24) is 0 Å². The van der Waals surface area contributed by atoms with Gasteiger partial charge >= 0.3 is 0 Å². The molecular weight excluding hydrogens is 303 g/mol. The summed E-state index contributed by atoms with van der Waals surface area (Å²) in [6, 6.07) is 7.61. The average Bonchev–Trinajstić information content (AvgIpc) is 2.58. The van der Waals surface area contributed by atoms with E-state index in [4.69, 9.17) is 18.9 Å². The van der Waals surface area contributed by atoms with Crippen molar-refractivity contribution in [3.63, 3.8) is 0 Å².